The lowest BCUT2D eigenvalue weighted by molar-refractivity contribution is -0.303. The summed E-state index contributed by atoms with van der Waals surface area (Å²) in [4.78, 5) is 21.0. The fourth-order valence-corrected chi connectivity index (χ4v) is 0.993. The SMILES string of the molecule is O=C([O-])CNC(=O)NCc1ccccc1. The van der Waals surface area contributed by atoms with Crippen LogP contribution >= 0.6 is 0 Å². The molecule has 2 N–H and O–H groups in total. The van der Waals surface area contributed by atoms with Crippen LogP contribution in [0.2, 0.25) is 0 Å². The van der Waals surface area contributed by atoms with E-state index >= 15 is 0 Å². The summed E-state index contributed by atoms with van der Waals surface area (Å²) in [6.07, 6.45) is 0. The summed E-state index contributed by atoms with van der Waals surface area (Å²) in [6.45, 7) is -0.125. The van der Waals surface area contributed by atoms with E-state index in [1.54, 1.807) is 0 Å². The van der Waals surface area contributed by atoms with Gasteiger partial charge < -0.3 is 20.5 Å². The molecule has 0 aromatic heterocycles. The highest BCUT2D eigenvalue weighted by Crippen LogP contribution is 1.96. The minimum absolute atomic E-state index is 0.361. The van der Waals surface area contributed by atoms with Crippen molar-refractivity contribution in [2.24, 2.45) is 0 Å². The second-order valence-corrected chi connectivity index (χ2v) is 2.89. The molecule has 0 saturated heterocycles. The van der Waals surface area contributed by atoms with Crippen molar-refractivity contribution < 1.29 is 14.7 Å². The summed E-state index contributed by atoms with van der Waals surface area (Å²) < 4.78 is 0. The van der Waals surface area contributed by atoms with E-state index in [-0.39, 0.29) is 0 Å². The van der Waals surface area contributed by atoms with E-state index in [0.717, 1.165) is 5.56 Å². The summed E-state index contributed by atoms with van der Waals surface area (Å²) >= 11 is 0. The van der Waals surface area contributed by atoms with E-state index in [0.29, 0.717) is 6.54 Å². The van der Waals surface area contributed by atoms with Crippen LogP contribution in [0.15, 0.2) is 30.3 Å². The lowest BCUT2D eigenvalue weighted by atomic mass is 10.2. The monoisotopic (exact) mass is 207 g/mol. The van der Waals surface area contributed by atoms with Crippen LogP contribution in [0.3, 0.4) is 0 Å². The predicted molar refractivity (Wildman–Crippen MR) is 51.7 cm³/mol. The number of hydrogen-bond donors (Lipinski definition) is 2. The van der Waals surface area contributed by atoms with E-state index in [1.165, 1.54) is 0 Å². The van der Waals surface area contributed by atoms with Crippen LogP contribution in [-0.2, 0) is 11.3 Å². The number of carbonyl (C=O) groups excluding carboxylic acids is 2. The van der Waals surface area contributed by atoms with E-state index in [4.69, 9.17) is 0 Å². The van der Waals surface area contributed by atoms with Crippen molar-refractivity contribution in [2.75, 3.05) is 6.54 Å². The van der Waals surface area contributed by atoms with Gasteiger partial charge in [-0.3, -0.25) is 0 Å². The molecule has 0 atom stereocenters. The molecule has 1 aromatic rings. The first-order chi connectivity index (χ1) is 7.18. The molecule has 0 aliphatic heterocycles. The van der Waals surface area contributed by atoms with Gasteiger partial charge in [0.2, 0.25) is 0 Å². The third kappa shape index (κ3) is 4.66. The zero-order valence-corrected chi connectivity index (χ0v) is 8.03. The first-order valence-electron chi connectivity index (χ1n) is 4.44. The Labute approximate surface area is 87.1 Å². The van der Waals surface area contributed by atoms with Gasteiger partial charge in [0.25, 0.3) is 0 Å². The van der Waals surface area contributed by atoms with E-state index in [1.807, 2.05) is 30.3 Å². The highest BCUT2D eigenvalue weighted by Gasteiger charge is 1.98. The maximum atomic E-state index is 11.0. The van der Waals surface area contributed by atoms with Crippen LogP contribution in [-0.4, -0.2) is 18.5 Å². The minimum atomic E-state index is -1.31. The van der Waals surface area contributed by atoms with Crippen LogP contribution in [0.5, 0.6) is 0 Å². The number of nitrogens with one attached hydrogen (secondary N) is 2. The largest absolute Gasteiger partial charge is 0.548 e. The summed E-state index contributed by atoms with van der Waals surface area (Å²) in [7, 11) is 0. The number of amides is 2. The molecular formula is C10H11N2O3-. The third-order valence-corrected chi connectivity index (χ3v) is 1.69. The Morgan fingerprint density at radius 1 is 1.13 bits per heavy atom. The second kappa shape index (κ2) is 5.64. The number of hydrogen-bond acceptors (Lipinski definition) is 3. The Morgan fingerprint density at radius 2 is 1.80 bits per heavy atom. The van der Waals surface area contributed by atoms with Gasteiger partial charge in [-0.1, -0.05) is 30.3 Å². The molecule has 5 nitrogen and oxygen atoms in total. The van der Waals surface area contributed by atoms with Crippen molar-refractivity contribution in [2.45, 2.75) is 6.54 Å². The summed E-state index contributed by atoms with van der Waals surface area (Å²) in [6, 6.07) is 8.78. The van der Waals surface area contributed by atoms with Gasteiger partial charge >= 0.3 is 6.03 Å². The lowest BCUT2D eigenvalue weighted by Crippen LogP contribution is -2.42. The van der Waals surface area contributed by atoms with Gasteiger partial charge in [0.1, 0.15) is 0 Å². The Bertz CT molecular complexity index is 338. The number of benzene rings is 1. The maximum Gasteiger partial charge on any atom is 0.315 e. The van der Waals surface area contributed by atoms with Gasteiger partial charge in [0.05, 0.1) is 12.5 Å². The topological polar surface area (TPSA) is 81.3 Å². The highest BCUT2D eigenvalue weighted by atomic mass is 16.4. The molecule has 2 amide bonds. The molecule has 0 unspecified atom stereocenters. The zero-order valence-electron chi connectivity index (χ0n) is 8.03. The quantitative estimate of drug-likeness (QED) is 0.680. The molecule has 80 valence electrons. The summed E-state index contributed by atoms with van der Waals surface area (Å²) in [5, 5.41) is 14.7. The van der Waals surface area contributed by atoms with Gasteiger partial charge in [-0.2, -0.15) is 0 Å². The maximum absolute atomic E-state index is 11.0. The van der Waals surface area contributed by atoms with Crippen LogP contribution in [0.1, 0.15) is 5.56 Å². The van der Waals surface area contributed by atoms with Crippen molar-refractivity contribution in [3.05, 3.63) is 35.9 Å². The van der Waals surface area contributed by atoms with Gasteiger partial charge in [0.15, 0.2) is 0 Å². The highest BCUT2D eigenvalue weighted by molar-refractivity contribution is 5.78. The molecular weight excluding hydrogens is 196 g/mol. The van der Waals surface area contributed by atoms with Crippen molar-refractivity contribution in [3.63, 3.8) is 0 Å². The van der Waals surface area contributed by atoms with Crippen molar-refractivity contribution in [3.8, 4) is 0 Å². The standard InChI is InChI=1S/C10H12N2O3/c13-9(14)7-12-10(15)11-6-8-4-2-1-3-5-8/h1-5H,6-7H2,(H,13,14)(H2,11,12,15)/p-1. The molecule has 0 radical (unpaired) electrons. The minimum Gasteiger partial charge on any atom is -0.548 e. The Morgan fingerprint density at radius 3 is 2.40 bits per heavy atom. The molecule has 0 spiro atoms. The second-order valence-electron chi connectivity index (χ2n) is 2.89. The van der Waals surface area contributed by atoms with E-state index in [2.05, 4.69) is 10.6 Å². The van der Waals surface area contributed by atoms with Gasteiger partial charge in [-0.05, 0) is 5.56 Å². The molecule has 1 rings (SSSR count). The molecule has 0 aliphatic carbocycles. The van der Waals surface area contributed by atoms with Crippen LogP contribution in [0.25, 0.3) is 0 Å². The normalized spacial score (nSPS) is 9.33. The van der Waals surface area contributed by atoms with E-state index < -0.39 is 18.5 Å². The number of urea groups is 1. The number of carboxylic acid groups (broad SMARTS) is 1. The first-order valence-corrected chi connectivity index (χ1v) is 4.44. The average Bonchev–Trinajstić information content (AvgIpc) is 2.25. The molecule has 0 saturated carbocycles. The van der Waals surface area contributed by atoms with Crippen molar-refractivity contribution in [1.82, 2.24) is 10.6 Å². The Hall–Kier alpha value is -2.04. The summed E-state index contributed by atoms with van der Waals surface area (Å²) in [5.74, 6) is -1.31. The van der Waals surface area contributed by atoms with Crippen molar-refractivity contribution in [1.29, 1.82) is 0 Å². The molecule has 0 heterocycles. The third-order valence-electron chi connectivity index (χ3n) is 1.69. The molecule has 1 aromatic carbocycles. The Balaban J connectivity index is 2.26. The number of rotatable bonds is 4. The zero-order chi connectivity index (χ0) is 11.1. The van der Waals surface area contributed by atoms with Crippen LogP contribution < -0.4 is 15.7 Å². The van der Waals surface area contributed by atoms with Crippen LogP contribution in [0, 0.1) is 0 Å². The lowest BCUT2D eigenvalue weighted by Gasteiger charge is -2.07. The molecule has 0 fully saturated rings. The van der Waals surface area contributed by atoms with Gasteiger partial charge in [-0.25, -0.2) is 4.79 Å². The molecule has 15 heavy (non-hydrogen) atoms. The Kier molecular flexibility index (Phi) is 4.15. The molecule has 5 heteroatoms. The van der Waals surface area contributed by atoms with Gasteiger partial charge in [-0.15, -0.1) is 0 Å². The predicted octanol–water partition coefficient (Wildman–Crippen LogP) is -0.764. The fraction of sp³-hybridized carbons (Fsp3) is 0.200. The van der Waals surface area contributed by atoms with Crippen molar-refractivity contribution >= 4 is 12.0 Å². The average molecular weight is 207 g/mol. The number of carboxylic acids is 1. The first kappa shape index (κ1) is 11.0. The molecule has 0 aliphatic rings. The smallest absolute Gasteiger partial charge is 0.315 e. The summed E-state index contributed by atoms with van der Waals surface area (Å²) in [5.41, 5.74) is 0.945. The van der Waals surface area contributed by atoms with E-state index in [9.17, 15) is 14.7 Å². The van der Waals surface area contributed by atoms with Crippen LogP contribution in [0.4, 0.5) is 4.79 Å². The fourth-order valence-electron chi connectivity index (χ4n) is 0.993. The van der Waals surface area contributed by atoms with Gasteiger partial charge in [0, 0.05) is 6.54 Å². The number of carbonyl (C=O) groups is 2. The number of aliphatic carboxylic acids is 1. The molecule has 0 bridgehead atoms.